The van der Waals surface area contributed by atoms with Crippen LogP contribution in [0.3, 0.4) is 0 Å². The van der Waals surface area contributed by atoms with Gasteiger partial charge in [0.25, 0.3) is 5.79 Å². The van der Waals surface area contributed by atoms with Crippen molar-refractivity contribution in [1.82, 2.24) is 0 Å². The Morgan fingerprint density at radius 1 is 1.33 bits per heavy atom. The maximum atomic E-state index is 6.21. The molecule has 0 amide bonds. The van der Waals surface area contributed by atoms with Gasteiger partial charge in [-0.1, -0.05) is 46.1 Å². The van der Waals surface area contributed by atoms with Gasteiger partial charge in [0.15, 0.2) is 0 Å². The summed E-state index contributed by atoms with van der Waals surface area (Å²) < 4.78 is 11.6. The Balaban J connectivity index is 2.30. The molecule has 0 N–H and O–H groups in total. The molecule has 1 aromatic rings. The highest BCUT2D eigenvalue weighted by Crippen LogP contribution is 2.41. The summed E-state index contributed by atoms with van der Waals surface area (Å²) in [4.78, 5) is 0. The van der Waals surface area contributed by atoms with E-state index in [2.05, 4.69) is 22.9 Å². The Bertz CT molecular complexity index is 476. The lowest BCUT2D eigenvalue weighted by Gasteiger charge is -2.27. The van der Waals surface area contributed by atoms with Crippen LogP contribution in [-0.2, 0) is 15.3 Å². The third kappa shape index (κ3) is 2.63. The predicted octanol–water partition coefficient (Wildman–Crippen LogP) is 5.23. The SMILES string of the molecule is CCCC1=COC(CBr)(c2ccc(Cl)cc2Cl)O1. The fraction of sp³-hybridized carbons (Fsp3) is 0.385. The molecule has 1 aliphatic rings. The molecule has 1 aromatic carbocycles. The molecule has 0 fully saturated rings. The molecule has 2 nitrogen and oxygen atoms in total. The first-order valence-corrected chi connectivity index (χ1v) is 7.56. The maximum Gasteiger partial charge on any atom is 0.288 e. The Labute approximate surface area is 125 Å². The number of benzene rings is 1. The summed E-state index contributed by atoms with van der Waals surface area (Å²) >= 11 is 15.5. The number of hydrogen-bond donors (Lipinski definition) is 0. The summed E-state index contributed by atoms with van der Waals surface area (Å²) in [6.07, 6.45) is 3.51. The quantitative estimate of drug-likeness (QED) is 0.691. The van der Waals surface area contributed by atoms with Crippen LogP contribution < -0.4 is 0 Å². The van der Waals surface area contributed by atoms with Crippen molar-refractivity contribution in [3.63, 3.8) is 0 Å². The van der Waals surface area contributed by atoms with Gasteiger partial charge in [-0.25, -0.2) is 0 Å². The minimum Gasteiger partial charge on any atom is -0.452 e. The van der Waals surface area contributed by atoms with E-state index in [9.17, 15) is 0 Å². The first kappa shape index (κ1) is 14.0. The van der Waals surface area contributed by atoms with E-state index in [1.54, 1.807) is 18.4 Å². The van der Waals surface area contributed by atoms with Crippen LogP contribution in [-0.4, -0.2) is 5.33 Å². The molecule has 18 heavy (non-hydrogen) atoms. The number of hydrogen-bond acceptors (Lipinski definition) is 2. The van der Waals surface area contributed by atoms with Gasteiger partial charge < -0.3 is 9.47 Å². The van der Waals surface area contributed by atoms with Crippen LogP contribution in [0, 0.1) is 0 Å². The third-order valence-corrected chi connectivity index (χ3v) is 3.98. The zero-order valence-corrected chi connectivity index (χ0v) is 13.0. The molecule has 0 aliphatic carbocycles. The number of allylic oxidation sites excluding steroid dienone is 1. The van der Waals surface area contributed by atoms with E-state index in [1.807, 2.05) is 6.07 Å². The summed E-state index contributed by atoms with van der Waals surface area (Å²) in [5.41, 5.74) is 0.771. The van der Waals surface area contributed by atoms with Gasteiger partial charge in [-0.15, -0.1) is 0 Å². The average Bonchev–Trinajstić information content (AvgIpc) is 2.74. The van der Waals surface area contributed by atoms with Gasteiger partial charge in [-0.2, -0.15) is 0 Å². The van der Waals surface area contributed by atoms with E-state index < -0.39 is 5.79 Å². The van der Waals surface area contributed by atoms with Crippen molar-refractivity contribution in [2.75, 3.05) is 5.33 Å². The average molecular weight is 352 g/mol. The molecular formula is C13H13BrCl2O2. The van der Waals surface area contributed by atoms with Crippen LogP contribution >= 0.6 is 39.1 Å². The summed E-state index contributed by atoms with van der Waals surface area (Å²) in [6.45, 7) is 2.09. The molecule has 5 heteroatoms. The largest absolute Gasteiger partial charge is 0.452 e. The summed E-state index contributed by atoms with van der Waals surface area (Å²) in [6, 6.07) is 5.29. The maximum absolute atomic E-state index is 6.21. The summed E-state index contributed by atoms with van der Waals surface area (Å²) in [5, 5.41) is 1.62. The topological polar surface area (TPSA) is 18.5 Å². The van der Waals surface area contributed by atoms with Gasteiger partial charge in [-0.05, 0) is 24.6 Å². The van der Waals surface area contributed by atoms with E-state index in [1.165, 1.54) is 0 Å². The third-order valence-electron chi connectivity index (χ3n) is 2.69. The van der Waals surface area contributed by atoms with Crippen LogP contribution in [0.15, 0.2) is 30.2 Å². The van der Waals surface area contributed by atoms with Crippen molar-refractivity contribution in [2.45, 2.75) is 25.6 Å². The summed E-state index contributed by atoms with van der Waals surface area (Å²) in [5.74, 6) is -0.0467. The molecule has 98 valence electrons. The van der Waals surface area contributed by atoms with Crippen LogP contribution in [0.2, 0.25) is 10.0 Å². The smallest absolute Gasteiger partial charge is 0.288 e. The molecule has 1 heterocycles. The van der Waals surface area contributed by atoms with Crippen molar-refractivity contribution in [2.24, 2.45) is 0 Å². The minimum atomic E-state index is -0.883. The molecule has 0 saturated heterocycles. The molecule has 1 atom stereocenters. The number of halogens is 3. The second-order valence-corrected chi connectivity index (χ2v) is 5.47. The Kier molecular flexibility index (Phi) is 4.46. The van der Waals surface area contributed by atoms with Crippen molar-refractivity contribution < 1.29 is 9.47 Å². The number of alkyl halides is 1. The highest BCUT2D eigenvalue weighted by molar-refractivity contribution is 9.09. The van der Waals surface area contributed by atoms with Crippen molar-refractivity contribution in [3.05, 3.63) is 45.8 Å². The Hall–Kier alpha value is -0.380. The molecule has 0 radical (unpaired) electrons. The van der Waals surface area contributed by atoms with Crippen LogP contribution in [0.1, 0.15) is 25.3 Å². The van der Waals surface area contributed by atoms with E-state index >= 15 is 0 Å². The minimum absolute atomic E-state index is 0.491. The normalized spacial score (nSPS) is 22.3. The van der Waals surface area contributed by atoms with Gasteiger partial charge in [0.05, 0.1) is 15.9 Å². The summed E-state index contributed by atoms with van der Waals surface area (Å²) in [7, 11) is 0. The fourth-order valence-corrected chi connectivity index (χ4v) is 2.93. The zero-order chi connectivity index (χ0) is 13.2. The number of ether oxygens (including phenoxy) is 2. The van der Waals surface area contributed by atoms with E-state index in [4.69, 9.17) is 32.7 Å². The first-order chi connectivity index (χ1) is 8.61. The fourth-order valence-electron chi connectivity index (χ4n) is 1.82. The molecule has 0 spiro atoms. The molecule has 2 rings (SSSR count). The highest BCUT2D eigenvalue weighted by atomic mass is 79.9. The lowest BCUT2D eigenvalue weighted by Crippen LogP contribution is -2.30. The van der Waals surface area contributed by atoms with Crippen LogP contribution in [0.4, 0.5) is 0 Å². The van der Waals surface area contributed by atoms with E-state index in [0.717, 1.165) is 24.2 Å². The van der Waals surface area contributed by atoms with Gasteiger partial charge in [0, 0.05) is 11.4 Å². The standard InChI is InChI=1S/C13H13BrCl2O2/c1-2-3-10-7-17-13(8-14,18-10)11-5-4-9(15)6-12(11)16/h4-7H,2-3,8H2,1H3. The van der Waals surface area contributed by atoms with Crippen LogP contribution in [0.5, 0.6) is 0 Å². The predicted molar refractivity (Wildman–Crippen MR) is 77.1 cm³/mol. The van der Waals surface area contributed by atoms with Gasteiger partial charge >= 0.3 is 0 Å². The monoisotopic (exact) mass is 350 g/mol. The van der Waals surface area contributed by atoms with Gasteiger partial charge in [0.1, 0.15) is 12.0 Å². The van der Waals surface area contributed by atoms with Crippen molar-refractivity contribution in [1.29, 1.82) is 0 Å². The van der Waals surface area contributed by atoms with Crippen molar-refractivity contribution >= 4 is 39.1 Å². The molecule has 1 unspecified atom stereocenters. The second-order valence-electron chi connectivity index (χ2n) is 4.06. The lowest BCUT2D eigenvalue weighted by atomic mass is 10.1. The Morgan fingerprint density at radius 2 is 2.11 bits per heavy atom. The molecule has 1 aliphatic heterocycles. The Morgan fingerprint density at radius 3 is 2.72 bits per heavy atom. The van der Waals surface area contributed by atoms with E-state index in [-0.39, 0.29) is 0 Å². The van der Waals surface area contributed by atoms with Gasteiger partial charge in [-0.3, -0.25) is 0 Å². The number of rotatable bonds is 4. The van der Waals surface area contributed by atoms with Crippen LogP contribution in [0.25, 0.3) is 0 Å². The molecular weight excluding hydrogens is 339 g/mol. The first-order valence-electron chi connectivity index (χ1n) is 5.68. The molecule has 0 aromatic heterocycles. The molecule has 0 bridgehead atoms. The van der Waals surface area contributed by atoms with Gasteiger partial charge in [0.2, 0.25) is 0 Å². The highest BCUT2D eigenvalue weighted by Gasteiger charge is 2.41. The van der Waals surface area contributed by atoms with E-state index in [0.29, 0.717) is 15.4 Å². The lowest BCUT2D eigenvalue weighted by molar-refractivity contribution is -0.136. The molecule has 0 saturated carbocycles. The second kappa shape index (κ2) is 5.72. The zero-order valence-electron chi connectivity index (χ0n) is 9.88. The van der Waals surface area contributed by atoms with Crippen molar-refractivity contribution in [3.8, 4) is 0 Å².